The van der Waals surface area contributed by atoms with Crippen LogP contribution in [0.4, 0.5) is 5.82 Å². The molecule has 0 amide bonds. The Balaban J connectivity index is 1.66. The highest BCUT2D eigenvalue weighted by Gasteiger charge is 2.34. The SMILES string of the molecule is CCNc1cccc(CN2CC3CCCN3CC2C)n1. The molecule has 0 radical (unpaired) electrons. The van der Waals surface area contributed by atoms with Crippen molar-refractivity contribution >= 4 is 5.82 Å². The number of anilines is 1. The van der Waals surface area contributed by atoms with E-state index >= 15 is 0 Å². The van der Waals surface area contributed by atoms with Gasteiger partial charge in [-0.25, -0.2) is 4.98 Å². The quantitative estimate of drug-likeness (QED) is 0.912. The lowest BCUT2D eigenvalue weighted by Gasteiger charge is -2.42. The van der Waals surface area contributed by atoms with Crippen molar-refractivity contribution in [2.75, 3.05) is 31.5 Å². The van der Waals surface area contributed by atoms with E-state index in [-0.39, 0.29) is 0 Å². The largest absolute Gasteiger partial charge is 0.370 e. The van der Waals surface area contributed by atoms with Gasteiger partial charge in [-0.05, 0) is 45.4 Å². The molecule has 20 heavy (non-hydrogen) atoms. The lowest BCUT2D eigenvalue weighted by atomic mass is 10.1. The summed E-state index contributed by atoms with van der Waals surface area (Å²) in [6, 6.07) is 7.72. The first-order chi connectivity index (χ1) is 9.76. The van der Waals surface area contributed by atoms with Crippen molar-refractivity contribution < 1.29 is 0 Å². The Labute approximate surface area is 122 Å². The maximum absolute atomic E-state index is 4.71. The molecule has 1 aromatic rings. The fourth-order valence-corrected chi connectivity index (χ4v) is 3.52. The van der Waals surface area contributed by atoms with Crippen LogP contribution in [0.25, 0.3) is 0 Å². The van der Waals surface area contributed by atoms with Crippen LogP contribution in [-0.4, -0.2) is 53.0 Å². The van der Waals surface area contributed by atoms with Crippen LogP contribution in [0.2, 0.25) is 0 Å². The molecule has 1 N–H and O–H groups in total. The smallest absolute Gasteiger partial charge is 0.126 e. The molecule has 0 bridgehead atoms. The number of fused-ring (bicyclic) bond motifs is 1. The second-order valence-corrected chi connectivity index (χ2v) is 6.11. The summed E-state index contributed by atoms with van der Waals surface area (Å²) in [5.41, 5.74) is 1.18. The van der Waals surface area contributed by atoms with Crippen molar-refractivity contribution in [3.05, 3.63) is 23.9 Å². The highest BCUT2D eigenvalue weighted by molar-refractivity contribution is 5.35. The number of nitrogens with zero attached hydrogens (tertiary/aromatic N) is 3. The van der Waals surface area contributed by atoms with Gasteiger partial charge >= 0.3 is 0 Å². The fraction of sp³-hybridized carbons (Fsp3) is 0.688. The highest BCUT2D eigenvalue weighted by Crippen LogP contribution is 2.25. The third-order valence-corrected chi connectivity index (χ3v) is 4.60. The zero-order valence-corrected chi connectivity index (χ0v) is 12.7. The average molecular weight is 274 g/mol. The minimum Gasteiger partial charge on any atom is -0.370 e. The third-order valence-electron chi connectivity index (χ3n) is 4.60. The van der Waals surface area contributed by atoms with Crippen molar-refractivity contribution in [3.63, 3.8) is 0 Å². The van der Waals surface area contributed by atoms with Gasteiger partial charge in [-0.3, -0.25) is 9.80 Å². The lowest BCUT2D eigenvalue weighted by Crippen LogP contribution is -2.54. The second kappa shape index (κ2) is 6.10. The molecule has 2 fully saturated rings. The summed E-state index contributed by atoms with van der Waals surface area (Å²) in [5, 5.41) is 3.30. The van der Waals surface area contributed by atoms with Crippen LogP contribution in [0.1, 0.15) is 32.4 Å². The van der Waals surface area contributed by atoms with Gasteiger partial charge in [-0.2, -0.15) is 0 Å². The molecule has 2 saturated heterocycles. The molecule has 2 aliphatic heterocycles. The Bertz CT molecular complexity index is 448. The standard InChI is InChI=1S/C16H26N4/c1-3-17-16-8-4-6-14(18-16)11-20-12-15-7-5-9-19(15)10-13(20)2/h4,6,8,13,15H,3,5,7,9-12H2,1-2H3,(H,17,18). The number of hydrogen-bond donors (Lipinski definition) is 1. The van der Waals surface area contributed by atoms with Crippen LogP contribution < -0.4 is 5.32 Å². The van der Waals surface area contributed by atoms with Crippen molar-refractivity contribution in [1.29, 1.82) is 0 Å². The molecular formula is C16H26N4. The fourth-order valence-electron chi connectivity index (χ4n) is 3.52. The Morgan fingerprint density at radius 3 is 3.10 bits per heavy atom. The van der Waals surface area contributed by atoms with Gasteiger partial charge in [0.05, 0.1) is 5.69 Å². The van der Waals surface area contributed by atoms with Crippen LogP contribution in [0.15, 0.2) is 18.2 Å². The zero-order valence-electron chi connectivity index (χ0n) is 12.7. The summed E-state index contributed by atoms with van der Waals surface area (Å²) in [6.45, 7) is 10.1. The minimum absolute atomic E-state index is 0.633. The number of pyridine rings is 1. The zero-order chi connectivity index (χ0) is 13.9. The van der Waals surface area contributed by atoms with Gasteiger partial charge in [0, 0.05) is 38.3 Å². The van der Waals surface area contributed by atoms with Gasteiger partial charge in [0.15, 0.2) is 0 Å². The molecule has 0 spiro atoms. The van der Waals surface area contributed by atoms with E-state index in [1.807, 2.05) is 6.07 Å². The maximum Gasteiger partial charge on any atom is 0.126 e. The van der Waals surface area contributed by atoms with E-state index in [2.05, 4.69) is 41.1 Å². The summed E-state index contributed by atoms with van der Waals surface area (Å²) < 4.78 is 0. The first-order valence-corrected chi connectivity index (χ1v) is 7.94. The van der Waals surface area contributed by atoms with Gasteiger partial charge < -0.3 is 5.32 Å². The molecule has 1 aromatic heterocycles. The molecule has 3 rings (SSSR count). The summed E-state index contributed by atoms with van der Waals surface area (Å²) in [7, 11) is 0. The molecule has 0 aromatic carbocycles. The molecule has 3 heterocycles. The van der Waals surface area contributed by atoms with Gasteiger partial charge in [0.2, 0.25) is 0 Å². The molecule has 4 heteroatoms. The molecule has 110 valence electrons. The molecular weight excluding hydrogens is 248 g/mol. The van der Waals surface area contributed by atoms with Crippen LogP contribution >= 0.6 is 0 Å². The lowest BCUT2D eigenvalue weighted by molar-refractivity contribution is 0.0532. The van der Waals surface area contributed by atoms with Gasteiger partial charge in [0.1, 0.15) is 5.82 Å². The number of hydrogen-bond acceptors (Lipinski definition) is 4. The minimum atomic E-state index is 0.633. The van der Waals surface area contributed by atoms with E-state index in [0.29, 0.717) is 6.04 Å². The Kier molecular flexibility index (Phi) is 4.22. The highest BCUT2D eigenvalue weighted by atomic mass is 15.3. The third kappa shape index (κ3) is 2.96. The van der Waals surface area contributed by atoms with Crippen molar-refractivity contribution in [3.8, 4) is 0 Å². The number of nitrogens with one attached hydrogen (secondary N) is 1. The first-order valence-electron chi connectivity index (χ1n) is 7.94. The Morgan fingerprint density at radius 1 is 1.35 bits per heavy atom. The van der Waals surface area contributed by atoms with E-state index in [1.165, 1.54) is 38.2 Å². The second-order valence-electron chi connectivity index (χ2n) is 6.11. The van der Waals surface area contributed by atoms with E-state index in [4.69, 9.17) is 4.98 Å². The van der Waals surface area contributed by atoms with Crippen LogP contribution in [0.3, 0.4) is 0 Å². The Morgan fingerprint density at radius 2 is 2.25 bits per heavy atom. The molecule has 2 atom stereocenters. The molecule has 4 nitrogen and oxygen atoms in total. The molecule has 0 saturated carbocycles. The number of aromatic nitrogens is 1. The Hall–Kier alpha value is -1.13. The van der Waals surface area contributed by atoms with Crippen LogP contribution in [-0.2, 0) is 6.54 Å². The van der Waals surface area contributed by atoms with Gasteiger partial charge in [0.25, 0.3) is 0 Å². The van der Waals surface area contributed by atoms with E-state index < -0.39 is 0 Å². The van der Waals surface area contributed by atoms with E-state index in [0.717, 1.165) is 24.9 Å². The topological polar surface area (TPSA) is 31.4 Å². The van der Waals surface area contributed by atoms with Crippen LogP contribution in [0, 0.1) is 0 Å². The van der Waals surface area contributed by atoms with Crippen molar-refractivity contribution in [1.82, 2.24) is 14.8 Å². The van der Waals surface area contributed by atoms with Crippen molar-refractivity contribution in [2.45, 2.75) is 45.3 Å². The summed E-state index contributed by atoms with van der Waals surface area (Å²) in [4.78, 5) is 9.98. The van der Waals surface area contributed by atoms with E-state index in [1.54, 1.807) is 0 Å². The first kappa shape index (κ1) is 13.8. The predicted octanol–water partition coefficient (Wildman–Crippen LogP) is 2.18. The van der Waals surface area contributed by atoms with E-state index in [9.17, 15) is 0 Å². The number of piperazine rings is 1. The van der Waals surface area contributed by atoms with Crippen LogP contribution in [0.5, 0.6) is 0 Å². The monoisotopic (exact) mass is 274 g/mol. The molecule has 0 aliphatic carbocycles. The van der Waals surface area contributed by atoms with Gasteiger partial charge in [-0.15, -0.1) is 0 Å². The molecule has 2 unspecified atom stereocenters. The van der Waals surface area contributed by atoms with Gasteiger partial charge in [-0.1, -0.05) is 6.07 Å². The summed E-state index contributed by atoms with van der Waals surface area (Å²) >= 11 is 0. The maximum atomic E-state index is 4.71. The predicted molar refractivity (Wildman–Crippen MR) is 82.9 cm³/mol. The summed E-state index contributed by atoms with van der Waals surface area (Å²) in [6.07, 6.45) is 2.74. The summed E-state index contributed by atoms with van der Waals surface area (Å²) in [5.74, 6) is 0.997. The average Bonchev–Trinajstić information content (AvgIpc) is 2.87. The normalized spacial score (nSPS) is 27.5. The molecule has 2 aliphatic rings. The number of rotatable bonds is 4. The van der Waals surface area contributed by atoms with Crippen molar-refractivity contribution in [2.24, 2.45) is 0 Å².